The summed E-state index contributed by atoms with van der Waals surface area (Å²) in [6.45, 7) is 0.740. The Bertz CT molecular complexity index is 480. The molecule has 2 heterocycles. The third kappa shape index (κ3) is 3.11. The SMILES string of the molecule is O=C(NCCO)c1cn(Cc2cccs2)nn1. The van der Waals surface area contributed by atoms with Gasteiger partial charge in [0.15, 0.2) is 5.69 Å². The van der Waals surface area contributed by atoms with Gasteiger partial charge in [-0.3, -0.25) is 4.79 Å². The Morgan fingerprint density at radius 1 is 1.59 bits per heavy atom. The number of rotatable bonds is 5. The summed E-state index contributed by atoms with van der Waals surface area (Å²) in [6.07, 6.45) is 1.59. The lowest BCUT2D eigenvalue weighted by Crippen LogP contribution is -2.26. The summed E-state index contributed by atoms with van der Waals surface area (Å²) in [7, 11) is 0. The highest BCUT2D eigenvalue weighted by atomic mass is 32.1. The number of amides is 1. The molecule has 0 saturated carbocycles. The Labute approximate surface area is 102 Å². The molecule has 0 aliphatic heterocycles. The molecule has 0 saturated heterocycles. The molecule has 0 unspecified atom stereocenters. The first-order chi connectivity index (χ1) is 8.29. The van der Waals surface area contributed by atoms with E-state index in [1.165, 1.54) is 0 Å². The fourth-order valence-corrected chi connectivity index (χ4v) is 2.00. The lowest BCUT2D eigenvalue weighted by atomic mass is 10.4. The van der Waals surface area contributed by atoms with Gasteiger partial charge in [-0.1, -0.05) is 11.3 Å². The summed E-state index contributed by atoms with van der Waals surface area (Å²) < 4.78 is 1.61. The number of carbonyl (C=O) groups is 1. The zero-order valence-electron chi connectivity index (χ0n) is 9.04. The van der Waals surface area contributed by atoms with Crippen LogP contribution in [-0.2, 0) is 6.54 Å². The van der Waals surface area contributed by atoms with E-state index in [0.29, 0.717) is 6.54 Å². The second-order valence-electron chi connectivity index (χ2n) is 3.36. The van der Waals surface area contributed by atoms with Crippen LogP contribution in [0.3, 0.4) is 0 Å². The summed E-state index contributed by atoms with van der Waals surface area (Å²) in [5.74, 6) is -0.323. The number of nitrogens with zero attached hydrogens (tertiary/aromatic N) is 3. The molecule has 0 aromatic carbocycles. The maximum absolute atomic E-state index is 11.5. The van der Waals surface area contributed by atoms with E-state index >= 15 is 0 Å². The molecule has 0 fully saturated rings. The van der Waals surface area contributed by atoms with Crippen molar-refractivity contribution in [3.05, 3.63) is 34.3 Å². The first-order valence-corrected chi connectivity index (χ1v) is 5.99. The molecule has 0 radical (unpaired) electrons. The number of aliphatic hydroxyl groups excluding tert-OH is 1. The fourth-order valence-electron chi connectivity index (χ4n) is 1.30. The van der Waals surface area contributed by atoms with E-state index < -0.39 is 0 Å². The molecule has 17 heavy (non-hydrogen) atoms. The summed E-state index contributed by atoms with van der Waals surface area (Å²) in [4.78, 5) is 12.6. The van der Waals surface area contributed by atoms with E-state index in [2.05, 4.69) is 15.6 Å². The average molecular weight is 252 g/mol. The standard InChI is InChI=1S/C10H12N4O2S/c15-4-3-11-10(16)9-7-14(13-12-9)6-8-2-1-5-17-8/h1-2,5,7,15H,3-4,6H2,(H,11,16). The van der Waals surface area contributed by atoms with Crippen molar-refractivity contribution in [3.63, 3.8) is 0 Å². The Morgan fingerprint density at radius 3 is 3.18 bits per heavy atom. The first-order valence-electron chi connectivity index (χ1n) is 5.11. The average Bonchev–Trinajstić information content (AvgIpc) is 2.98. The summed E-state index contributed by atoms with van der Waals surface area (Å²) in [5, 5.41) is 20.7. The minimum Gasteiger partial charge on any atom is -0.395 e. The van der Waals surface area contributed by atoms with Crippen molar-refractivity contribution in [2.24, 2.45) is 0 Å². The van der Waals surface area contributed by atoms with Crippen LogP contribution in [0.15, 0.2) is 23.7 Å². The Morgan fingerprint density at radius 2 is 2.47 bits per heavy atom. The molecule has 0 aliphatic carbocycles. The largest absolute Gasteiger partial charge is 0.395 e. The Kier molecular flexibility index (Phi) is 3.84. The molecule has 2 aromatic rings. The van der Waals surface area contributed by atoms with Gasteiger partial charge in [0.2, 0.25) is 0 Å². The Balaban J connectivity index is 1.98. The van der Waals surface area contributed by atoms with Gasteiger partial charge < -0.3 is 10.4 Å². The van der Waals surface area contributed by atoms with Gasteiger partial charge in [0.25, 0.3) is 5.91 Å². The highest BCUT2D eigenvalue weighted by Crippen LogP contribution is 2.09. The number of hydrogen-bond acceptors (Lipinski definition) is 5. The molecule has 0 spiro atoms. The van der Waals surface area contributed by atoms with Gasteiger partial charge >= 0.3 is 0 Å². The van der Waals surface area contributed by atoms with Gasteiger partial charge in [0.1, 0.15) is 0 Å². The maximum atomic E-state index is 11.5. The van der Waals surface area contributed by atoms with Crippen LogP contribution in [0.1, 0.15) is 15.4 Å². The smallest absolute Gasteiger partial charge is 0.273 e. The number of aliphatic hydroxyl groups is 1. The normalized spacial score (nSPS) is 10.4. The Hall–Kier alpha value is -1.73. The molecule has 7 heteroatoms. The molecule has 6 nitrogen and oxygen atoms in total. The topological polar surface area (TPSA) is 80.0 Å². The van der Waals surface area contributed by atoms with E-state index in [1.807, 2.05) is 17.5 Å². The van der Waals surface area contributed by atoms with Gasteiger partial charge in [-0.05, 0) is 11.4 Å². The second kappa shape index (κ2) is 5.55. The predicted octanol–water partition coefficient (Wildman–Crippen LogP) is 0.110. The minimum absolute atomic E-state index is 0.0882. The summed E-state index contributed by atoms with van der Waals surface area (Å²) in [5.41, 5.74) is 0.259. The van der Waals surface area contributed by atoms with Crippen molar-refractivity contribution < 1.29 is 9.90 Å². The van der Waals surface area contributed by atoms with Crippen LogP contribution in [0.25, 0.3) is 0 Å². The zero-order valence-corrected chi connectivity index (χ0v) is 9.85. The van der Waals surface area contributed by atoms with E-state index in [9.17, 15) is 4.79 Å². The number of hydrogen-bond donors (Lipinski definition) is 2. The van der Waals surface area contributed by atoms with Crippen LogP contribution in [-0.4, -0.2) is 39.2 Å². The van der Waals surface area contributed by atoms with Gasteiger partial charge in [-0.15, -0.1) is 16.4 Å². The van der Waals surface area contributed by atoms with Crippen molar-refractivity contribution >= 4 is 17.2 Å². The van der Waals surface area contributed by atoms with Crippen molar-refractivity contribution in [3.8, 4) is 0 Å². The monoisotopic (exact) mass is 252 g/mol. The lowest BCUT2D eigenvalue weighted by Gasteiger charge is -1.98. The van der Waals surface area contributed by atoms with Crippen LogP contribution >= 0.6 is 11.3 Å². The summed E-state index contributed by atoms with van der Waals surface area (Å²) >= 11 is 1.63. The maximum Gasteiger partial charge on any atom is 0.273 e. The molecule has 0 aliphatic rings. The number of thiophene rings is 1. The number of carbonyl (C=O) groups excluding carboxylic acids is 1. The van der Waals surface area contributed by atoms with E-state index in [0.717, 1.165) is 4.88 Å². The fraction of sp³-hybridized carbons (Fsp3) is 0.300. The van der Waals surface area contributed by atoms with Crippen molar-refractivity contribution in [2.75, 3.05) is 13.2 Å². The van der Waals surface area contributed by atoms with E-state index in [4.69, 9.17) is 5.11 Å². The second-order valence-corrected chi connectivity index (χ2v) is 4.39. The van der Waals surface area contributed by atoms with Gasteiger partial charge in [0.05, 0.1) is 19.3 Å². The molecular weight excluding hydrogens is 240 g/mol. The van der Waals surface area contributed by atoms with Gasteiger partial charge in [-0.2, -0.15) is 0 Å². The number of aromatic nitrogens is 3. The number of nitrogens with one attached hydrogen (secondary N) is 1. The molecule has 2 N–H and O–H groups in total. The first kappa shape index (κ1) is 11.7. The van der Waals surface area contributed by atoms with Crippen LogP contribution in [0.2, 0.25) is 0 Å². The van der Waals surface area contributed by atoms with Crippen LogP contribution < -0.4 is 5.32 Å². The van der Waals surface area contributed by atoms with Crippen LogP contribution in [0, 0.1) is 0 Å². The van der Waals surface area contributed by atoms with Crippen LogP contribution in [0.5, 0.6) is 0 Å². The van der Waals surface area contributed by atoms with Crippen LogP contribution in [0.4, 0.5) is 0 Å². The third-order valence-corrected chi connectivity index (χ3v) is 2.93. The van der Waals surface area contributed by atoms with Crippen molar-refractivity contribution in [1.29, 1.82) is 0 Å². The minimum atomic E-state index is -0.323. The summed E-state index contributed by atoms with van der Waals surface area (Å²) in [6, 6.07) is 3.96. The highest BCUT2D eigenvalue weighted by Gasteiger charge is 2.09. The lowest BCUT2D eigenvalue weighted by molar-refractivity contribution is 0.0939. The molecule has 0 bridgehead atoms. The quantitative estimate of drug-likeness (QED) is 0.791. The molecule has 1 amide bonds. The van der Waals surface area contributed by atoms with E-state index in [-0.39, 0.29) is 24.8 Å². The van der Waals surface area contributed by atoms with E-state index in [1.54, 1.807) is 22.2 Å². The van der Waals surface area contributed by atoms with Crippen molar-refractivity contribution in [1.82, 2.24) is 20.3 Å². The van der Waals surface area contributed by atoms with Crippen molar-refractivity contribution in [2.45, 2.75) is 6.54 Å². The molecular formula is C10H12N4O2S. The zero-order chi connectivity index (χ0) is 12.1. The highest BCUT2D eigenvalue weighted by molar-refractivity contribution is 7.09. The molecule has 2 rings (SSSR count). The van der Waals surface area contributed by atoms with Gasteiger partial charge in [0, 0.05) is 11.4 Å². The third-order valence-electron chi connectivity index (χ3n) is 2.07. The molecule has 2 aromatic heterocycles. The molecule has 0 atom stereocenters. The molecule has 90 valence electrons. The van der Waals surface area contributed by atoms with Gasteiger partial charge in [-0.25, -0.2) is 4.68 Å². The predicted molar refractivity (Wildman–Crippen MR) is 62.9 cm³/mol.